The van der Waals surface area contributed by atoms with Crippen LogP contribution >= 0.6 is 0 Å². The Balaban J connectivity index is 1.72. The van der Waals surface area contributed by atoms with Gasteiger partial charge in [0.1, 0.15) is 10.6 Å². The molecule has 9 heteroatoms. The zero-order chi connectivity index (χ0) is 23.7. The maximum atomic E-state index is 13.6. The van der Waals surface area contributed by atoms with Crippen LogP contribution in [0.3, 0.4) is 0 Å². The summed E-state index contributed by atoms with van der Waals surface area (Å²) in [6, 6.07) is 14.6. The van der Waals surface area contributed by atoms with Gasteiger partial charge in [-0.25, -0.2) is 13.4 Å². The smallest absolute Gasteiger partial charge is 0.247 e. The van der Waals surface area contributed by atoms with Crippen molar-refractivity contribution in [1.82, 2.24) is 19.2 Å². The molecular formula is C24H30N4O4S. The van der Waals surface area contributed by atoms with E-state index in [1.807, 2.05) is 48.0 Å². The number of sulfonamides is 1. The molecule has 0 unspecified atom stereocenters. The predicted octanol–water partition coefficient (Wildman–Crippen LogP) is 2.64. The van der Waals surface area contributed by atoms with E-state index >= 15 is 0 Å². The molecule has 1 N–H and O–H groups in total. The number of amides is 1. The third kappa shape index (κ3) is 6.90. The van der Waals surface area contributed by atoms with E-state index in [4.69, 9.17) is 4.74 Å². The molecule has 3 aromatic rings. The van der Waals surface area contributed by atoms with Gasteiger partial charge in [0.05, 0.1) is 20.0 Å². The average molecular weight is 471 g/mol. The summed E-state index contributed by atoms with van der Waals surface area (Å²) >= 11 is 0. The van der Waals surface area contributed by atoms with E-state index in [1.54, 1.807) is 30.7 Å². The Morgan fingerprint density at radius 2 is 1.97 bits per heavy atom. The highest BCUT2D eigenvalue weighted by Gasteiger charge is 2.29. The number of carbonyl (C=O) groups is 1. The number of hydrogen-bond donors (Lipinski definition) is 1. The SMILES string of the molecule is COc1ccc(C)cc1S(=O)(=O)N(CCc1ccccc1)CC(=O)NCCCn1ccnc1. The van der Waals surface area contributed by atoms with Crippen molar-refractivity contribution in [3.8, 4) is 5.75 Å². The number of nitrogens with one attached hydrogen (secondary N) is 1. The maximum Gasteiger partial charge on any atom is 0.247 e. The first-order chi connectivity index (χ1) is 15.9. The van der Waals surface area contributed by atoms with Gasteiger partial charge in [-0.1, -0.05) is 36.4 Å². The lowest BCUT2D eigenvalue weighted by Gasteiger charge is -2.23. The van der Waals surface area contributed by atoms with Crippen LogP contribution in [0.2, 0.25) is 0 Å². The Kier molecular flexibility index (Phi) is 8.62. The molecule has 3 rings (SSSR count). The highest BCUT2D eigenvalue weighted by Crippen LogP contribution is 2.28. The minimum Gasteiger partial charge on any atom is -0.495 e. The number of imidazole rings is 1. The van der Waals surface area contributed by atoms with Crippen molar-refractivity contribution in [1.29, 1.82) is 0 Å². The molecule has 0 bridgehead atoms. The third-order valence-electron chi connectivity index (χ3n) is 5.22. The molecule has 0 aliphatic heterocycles. The lowest BCUT2D eigenvalue weighted by Crippen LogP contribution is -2.42. The topological polar surface area (TPSA) is 93.5 Å². The zero-order valence-electron chi connectivity index (χ0n) is 19.0. The molecule has 0 spiro atoms. The second-order valence-electron chi connectivity index (χ2n) is 7.73. The number of carbonyl (C=O) groups excluding carboxylic acids is 1. The van der Waals surface area contributed by atoms with Gasteiger partial charge < -0.3 is 14.6 Å². The zero-order valence-corrected chi connectivity index (χ0v) is 19.8. The summed E-state index contributed by atoms with van der Waals surface area (Å²) in [4.78, 5) is 16.7. The Morgan fingerprint density at radius 1 is 1.18 bits per heavy atom. The van der Waals surface area contributed by atoms with Crippen molar-refractivity contribution >= 4 is 15.9 Å². The van der Waals surface area contributed by atoms with Crippen LogP contribution in [0, 0.1) is 6.92 Å². The standard InChI is InChI=1S/C24H30N4O4S/c1-20-9-10-22(32-2)23(17-20)33(30,31)28(15-11-21-7-4-3-5-8-21)18-24(29)26-12-6-14-27-16-13-25-19-27/h3-5,7-10,13,16-17,19H,6,11-12,14-15,18H2,1-2H3,(H,26,29). The third-order valence-corrected chi connectivity index (χ3v) is 7.09. The lowest BCUT2D eigenvalue weighted by atomic mass is 10.1. The van der Waals surface area contributed by atoms with Gasteiger partial charge in [0.25, 0.3) is 0 Å². The van der Waals surface area contributed by atoms with Crippen molar-refractivity contribution in [2.45, 2.75) is 31.2 Å². The molecular weight excluding hydrogens is 440 g/mol. The number of nitrogens with zero attached hydrogens (tertiary/aromatic N) is 3. The number of aromatic nitrogens is 2. The molecule has 0 aliphatic rings. The molecule has 1 aromatic heterocycles. The molecule has 1 heterocycles. The van der Waals surface area contributed by atoms with Crippen LogP contribution in [0.5, 0.6) is 5.75 Å². The number of methoxy groups -OCH3 is 1. The number of rotatable bonds is 12. The fourth-order valence-corrected chi connectivity index (χ4v) is 5.07. The van der Waals surface area contributed by atoms with Crippen LogP contribution in [0.25, 0.3) is 0 Å². The van der Waals surface area contributed by atoms with Crippen LogP contribution in [0.4, 0.5) is 0 Å². The van der Waals surface area contributed by atoms with Gasteiger partial charge in [-0.2, -0.15) is 4.31 Å². The molecule has 1 amide bonds. The normalized spacial score (nSPS) is 11.5. The van der Waals surface area contributed by atoms with E-state index < -0.39 is 10.0 Å². The molecule has 0 aliphatic carbocycles. The molecule has 2 aromatic carbocycles. The quantitative estimate of drug-likeness (QED) is 0.411. The Hall–Kier alpha value is -3.17. The summed E-state index contributed by atoms with van der Waals surface area (Å²) in [6.07, 6.45) is 6.48. The first-order valence-corrected chi connectivity index (χ1v) is 12.3. The van der Waals surface area contributed by atoms with E-state index in [-0.39, 0.29) is 29.6 Å². The summed E-state index contributed by atoms with van der Waals surface area (Å²) in [5, 5.41) is 2.83. The van der Waals surface area contributed by atoms with Crippen LogP contribution < -0.4 is 10.1 Å². The van der Waals surface area contributed by atoms with Gasteiger partial charge in [-0.05, 0) is 43.0 Å². The average Bonchev–Trinajstić information content (AvgIpc) is 3.33. The molecule has 33 heavy (non-hydrogen) atoms. The molecule has 0 radical (unpaired) electrons. The number of benzene rings is 2. The fourth-order valence-electron chi connectivity index (χ4n) is 3.43. The number of ether oxygens (including phenoxy) is 1. The van der Waals surface area contributed by atoms with Gasteiger partial charge in [0.15, 0.2) is 0 Å². The molecule has 0 fully saturated rings. The summed E-state index contributed by atoms with van der Waals surface area (Å²) in [6.45, 7) is 2.89. The van der Waals surface area contributed by atoms with Gasteiger partial charge in [-0.15, -0.1) is 0 Å². The predicted molar refractivity (Wildman–Crippen MR) is 126 cm³/mol. The molecule has 0 saturated heterocycles. The van der Waals surface area contributed by atoms with E-state index in [9.17, 15) is 13.2 Å². The van der Waals surface area contributed by atoms with E-state index in [2.05, 4.69) is 10.3 Å². The van der Waals surface area contributed by atoms with Gasteiger partial charge >= 0.3 is 0 Å². The number of aryl methyl sites for hydroxylation is 2. The maximum absolute atomic E-state index is 13.6. The molecule has 0 atom stereocenters. The van der Waals surface area contributed by atoms with E-state index in [0.717, 1.165) is 17.7 Å². The number of hydrogen-bond acceptors (Lipinski definition) is 5. The van der Waals surface area contributed by atoms with Gasteiger partial charge in [0, 0.05) is 32.0 Å². The van der Waals surface area contributed by atoms with Crippen LogP contribution in [0.15, 0.2) is 72.1 Å². The van der Waals surface area contributed by atoms with Gasteiger partial charge in [-0.3, -0.25) is 4.79 Å². The van der Waals surface area contributed by atoms with Crippen LogP contribution in [-0.4, -0.2) is 54.9 Å². The summed E-state index contributed by atoms with van der Waals surface area (Å²) in [5.74, 6) is -0.0880. The largest absolute Gasteiger partial charge is 0.495 e. The monoisotopic (exact) mass is 470 g/mol. The van der Waals surface area contributed by atoms with Crippen molar-refractivity contribution in [2.75, 3.05) is 26.7 Å². The van der Waals surface area contributed by atoms with Crippen LogP contribution in [0.1, 0.15) is 17.5 Å². The van der Waals surface area contributed by atoms with Gasteiger partial charge in [0.2, 0.25) is 15.9 Å². The second kappa shape index (κ2) is 11.6. The van der Waals surface area contributed by atoms with Crippen molar-refractivity contribution in [2.24, 2.45) is 0 Å². The summed E-state index contributed by atoms with van der Waals surface area (Å²) in [7, 11) is -2.53. The Morgan fingerprint density at radius 3 is 2.67 bits per heavy atom. The first-order valence-electron chi connectivity index (χ1n) is 10.8. The lowest BCUT2D eigenvalue weighted by molar-refractivity contribution is -0.121. The van der Waals surface area contributed by atoms with Crippen LogP contribution in [-0.2, 0) is 27.8 Å². The van der Waals surface area contributed by atoms with Crippen molar-refractivity contribution < 1.29 is 17.9 Å². The minimum absolute atomic E-state index is 0.0611. The van der Waals surface area contributed by atoms with Crippen molar-refractivity contribution in [3.05, 3.63) is 78.4 Å². The van der Waals surface area contributed by atoms with E-state index in [0.29, 0.717) is 19.4 Å². The Bertz CT molecular complexity index is 1130. The second-order valence-corrected chi connectivity index (χ2v) is 9.64. The highest BCUT2D eigenvalue weighted by atomic mass is 32.2. The van der Waals surface area contributed by atoms with E-state index in [1.165, 1.54) is 11.4 Å². The molecule has 0 saturated carbocycles. The molecule has 8 nitrogen and oxygen atoms in total. The Labute approximate surface area is 195 Å². The minimum atomic E-state index is -3.96. The highest BCUT2D eigenvalue weighted by molar-refractivity contribution is 7.89. The fraction of sp³-hybridized carbons (Fsp3) is 0.333. The summed E-state index contributed by atoms with van der Waals surface area (Å²) < 4.78 is 35.6. The first kappa shape index (κ1) is 24.5. The molecule has 176 valence electrons. The van der Waals surface area contributed by atoms with Crippen molar-refractivity contribution in [3.63, 3.8) is 0 Å². The summed E-state index contributed by atoms with van der Waals surface area (Å²) in [5.41, 5.74) is 1.79.